The summed E-state index contributed by atoms with van der Waals surface area (Å²) in [5, 5.41) is 0. The molecule has 1 saturated heterocycles. The van der Waals surface area contributed by atoms with E-state index in [0.29, 0.717) is 17.9 Å². The number of methoxy groups -OCH3 is 2. The van der Waals surface area contributed by atoms with Crippen molar-refractivity contribution in [2.45, 2.75) is 12.5 Å². The first kappa shape index (κ1) is 15.1. The largest absolute Gasteiger partial charge is 0.496 e. The number of ether oxygens (including phenoxy) is 2. The molecule has 0 aliphatic carbocycles. The molecule has 0 bridgehead atoms. The second-order valence-electron chi connectivity index (χ2n) is 4.88. The van der Waals surface area contributed by atoms with E-state index in [-0.39, 0.29) is 23.5 Å². The Morgan fingerprint density at radius 2 is 1.90 bits per heavy atom. The van der Waals surface area contributed by atoms with Gasteiger partial charge in [-0.25, -0.2) is 8.42 Å². The molecule has 1 aromatic rings. The molecule has 1 fully saturated rings. The smallest absolute Gasteiger partial charge is 0.150 e. The van der Waals surface area contributed by atoms with Crippen LogP contribution in [0.4, 0.5) is 0 Å². The van der Waals surface area contributed by atoms with Gasteiger partial charge in [0.15, 0.2) is 9.84 Å². The second kappa shape index (κ2) is 5.99. The molecule has 1 aliphatic heterocycles. The number of nitrogens with one attached hydrogen (secondary N) is 1. The minimum absolute atomic E-state index is 0.0878. The van der Waals surface area contributed by atoms with E-state index in [2.05, 4.69) is 5.43 Å². The summed E-state index contributed by atoms with van der Waals surface area (Å²) >= 11 is 0. The molecule has 0 spiro atoms. The Labute approximate surface area is 119 Å². The molecule has 0 saturated carbocycles. The molecule has 20 heavy (non-hydrogen) atoms. The number of nitrogens with two attached hydrogens (primary N) is 1. The summed E-state index contributed by atoms with van der Waals surface area (Å²) in [4.78, 5) is 0. The Kier molecular flexibility index (Phi) is 4.52. The fraction of sp³-hybridized carbons (Fsp3) is 0.538. The van der Waals surface area contributed by atoms with Crippen molar-refractivity contribution in [3.63, 3.8) is 0 Å². The van der Waals surface area contributed by atoms with Gasteiger partial charge >= 0.3 is 0 Å². The van der Waals surface area contributed by atoms with Gasteiger partial charge in [0.1, 0.15) is 11.5 Å². The molecule has 2 atom stereocenters. The Bertz CT molecular complexity index is 551. The lowest BCUT2D eigenvalue weighted by atomic mass is 9.91. The highest BCUT2D eigenvalue weighted by atomic mass is 32.2. The highest BCUT2D eigenvalue weighted by molar-refractivity contribution is 7.91. The van der Waals surface area contributed by atoms with Crippen LogP contribution in [0.2, 0.25) is 0 Å². The average Bonchev–Trinajstić information content (AvgIpc) is 2.80. The van der Waals surface area contributed by atoms with Gasteiger partial charge in [0.25, 0.3) is 0 Å². The van der Waals surface area contributed by atoms with Crippen LogP contribution >= 0.6 is 0 Å². The quantitative estimate of drug-likeness (QED) is 0.613. The fourth-order valence-electron chi connectivity index (χ4n) is 2.73. The van der Waals surface area contributed by atoms with E-state index in [1.807, 2.05) is 18.2 Å². The lowest BCUT2D eigenvalue weighted by molar-refractivity contribution is 0.339. The minimum Gasteiger partial charge on any atom is -0.496 e. The number of hydrazine groups is 1. The third-order valence-electron chi connectivity index (χ3n) is 3.70. The Morgan fingerprint density at radius 3 is 2.30 bits per heavy atom. The van der Waals surface area contributed by atoms with Crippen molar-refractivity contribution in [1.82, 2.24) is 5.43 Å². The highest BCUT2D eigenvalue weighted by Crippen LogP contribution is 2.40. The monoisotopic (exact) mass is 300 g/mol. The van der Waals surface area contributed by atoms with Crippen LogP contribution in [0.1, 0.15) is 18.0 Å². The van der Waals surface area contributed by atoms with Gasteiger partial charge in [0.05, 0.1) is 37.3 Å². The van der Waals surface area contributed by atoms with Crippen molar-refractivity contribution >= 4 is 9.84 Å². The van der Waals surface area contributed by atoms with Crippen molar-refractivity contribution in [2.24, 2.45) is 11.8 Å². The first-order chi connectivity index (χ1) is 9.52. The van der Waals surface area contributed by atoms with Crippen LogP contribution in [0.15, 0.2) is 18.2 Å². The van der Waals surface area contributed by atoms with Gasteiger partial charge in [-0.1, -0.05) is 6.07 Å². The molecule has 0 radical (unpaired) electrons. The van der Waals surface area contributed by atoms with Gasteiger partial charge in [-0.2, -0.15) is 0 Å². The van der Waals surface area contributed by atoms with Crippen LogP contribution in [0, 0.1) is 5.92 Å². The van der Waals surface area contributed by atoms with Gasteiger partial charge < -0.3 is 9.47 Å². The van der Waals surface area contributed by atoms with Crippen LogP contribution in [-0.2, 0) is 9.84 Å². The van der Waals surface area contributed by atoms with Gasteiger partial charge in [-0.3, -0.25) is 11.3 Å². The first-order valence-corrected chi connectivity index (χ1v) is 8.22. The standard InChI is InChI=1S/C13H20N2O4S/c1-18-10-4-3-5-11(19-2)12(10)13(15-14)9-6-7-20(16,17)8-9/h3-5,9,13,15H,6-8,14H2,1-2H3. The number of hydrogen-bond donors (Lipinski definition) is 2. The normalized spacial score (nSPS) is 22.4. The van der Waals surface area contributed by atoms with E-state index in [0.717, 1.165) is 5.56 Å². The van der Waals surface area contributed by atoms with Crippen LogP contribution < -0.4 is 20.7 Å². The maximum Gasteiger partial charge on any atom is 0.150 e. The van der Waals surface area contributed by atoms with Gasteiger partial charge in [0.2, 0.25) is 0 Å². The number of hydrogen-bond acceptors (Lipinski definition) is 6. The van der Waals surface area contributed by atoms with E-state index >= 15 is 0 Å². The van der Waals surface area contributed by atoms with Gasteiger partial charge in [0, 0.05) is 0 Å². The number of rotatable bonds is 5. The predicted molar refractivity (Wildman–Crippen MR) is 76.4 cm³/mol. The molecule has 1 heterocycles. The van der Waals surface area contributed by atoms with Gasteiger partial charge in [-0.05, 0) is 24.5 Å². The van der Waals surface area contributed by atoms with Crippen molar-refractivity contribution < 1.29 is 17.9 Å². The average molecular weight is 300 g/mol. The van der Waals surface area contributed by atoms with Crippen LogP contribution in [0.5, 0.6) is 11.5 Å². The summed E-state index contributed by atoms with van der Waals surface area (Å²) in [5.41, 5.74) is 3.49. The minimum atomic E-state index is -2.97. The zero-order chi connectivity index (χ0) is 14.8. The van der Waals surface area contributed by atoms with E-state index < -0.39 is 9.84 Å². The summed E-state index contributed by atoms with van der Waals surface area (Å²) in [6.07, 6.45) is 0.582. The highest BCUT2D eigenvalue weighted by Gasteiger charge is 2.36. The molecule has 7 heteroatoms. The maximum absolute atomic E-state index is 11.7. The van der Waals surface area contributed by atoms with Crippen molar-refractivity contribution in [3.8, 4) is 11.5 Å². The predicted octanol–water partition coefficient (Wildman–Crippen LogP) is 0.643. The fourth-order valence-corrected chi connectivity index (χ4v) is 4.57. The molecule has 0 aromatic heterocycles. The van der Waals surface area contributed by atoms with Gasteiger partial charge in [-0.15, -0.1) is 0 Å². The molecular formula is C13H20N2O4S. The van der Waals surface area contributed by atoms with E-state index in [1.54, 1.807) is 14.2 Å². The molecule has 1 aromatic carbocycles. The second-order valence-corrected chi connectivity index (χ2v) is 7.11. The van der Waals surface area contributed by atoms with E-state index in [9.17, 15) is 8.42 Å². The van der Waals surface area contributed by atoms with Crippen molar-refractivity contribution in [1.29, 1.82) is 0 Å². The molecular weight excluding hydrogens is 280 g/mol. The molecule has 112 valence electrons. The zero-order valence-electron chi connectivity index (χ0n) is 11.6. The number of sulfone groups is 1. The summed E-state index contributed by atoms with van der Waals surface area (Å²) in [7, 11) is 0.159. The van der Waals surface area contributed by atoms with E-state index in [1.165, 1.54) is 0 Å². The third-order valence-corrected chi connectivity index (χ3v) is 5.49. The molecule has 3 N–H and O–H groups in total. The van der Waals surface area contributed by atoms with Crippen molar-refractivity contribution in [3.05, 3.63) is 23.8 Å². The summed E-state index contributed by atoms with van der Waals surface area (Å²) in [6.45, 7) is 0. The Hall–Kier alpha value is -1.31. The Balaban J connectivity index is 2.41. The first-order valence-electron chi connectivity index (χ1n) is 6.40. The lowest BCUT2D eigenvalue weighted by Gasteiger charge is -2.25. The third kappa shape index (κ3) is 2.89. The lowest BCUT2D eigenvalue weighted by Crippen LogP contribution is -2.34. The number of benzene rings is 1. The topological polar surface area (TPSA) is 90.7 Å². The molecule has 1 aliphatic rings. The van der Waals surface area contributed by atoms with Crippen LogP contribution in [-0.4, -0.2) is 34.1 Å². The Morgan fingerprint density at radius 1 is 1.30 bits per heavy atom. The van der Waals surface area contributed by atoms with Crippen LogP contribution in [0.25, 0.3) is 0 Å². The van der Waals surface area contributed by atoms with Crippen molar-refractivity contribution in [2.75, 3.05) is 25.7 Å². The van der Waals surface area contributed by atoms with Crippen LogP contribution in [0.3, 0.4) is 0 Å². The summed E-state index contributed by atoms with van der Waals surface area (Å²) < 4.78 is 34.1. The summed E-state index contributed by atoms with van der Waals surface area (Å²) in [5.74, 6) is 7.18. The SMILES string of the molecule is COc1cccc(OC)c1C(NN)C1CCS(=O)(=O)C1. The maximum atomic E-state index is 11.7. The molecule has 2 unspecified atom stereocenters. The molecule has 2 rings (SSSR count). The molecule has 6 nitrogen and oxygen atoms in total. The molecule has 0 amide bonds. The zero-order valence-corrected chi connectivity index (χ0v) is 12.4. The van der Waals surface area contributed by atoms with E-state index in [4.69, 9.17) is 15.3 Å². The summed E-state index contributed by atoms with van der Waals surface area (Å²) in [6, 6.07) is 5.12.